The van der Waals surface area contributed by atoms with E-state index < -0.39 is 0 Å². The molecule has 5 heteroatoms. The fourth-order valence-electron chi connectivity index (χ4n) is 3.34. The van der Waals surface area contributed by atoms with Crippen molar-refractivity contribution in [3.63, 3.8) is 0 Å². The number of hydrogen-bond acceptors (Lipinski definition) is 3. The van der Waals surface area contributed by atoms with E-state index in [2.05, 4.69) is 16.0 Å². The van der Waals surface area contributed by atoms with Crippen molar-refractivity contribution in [2.24, 2.45) is 5.92 Å². The van der Waals surface area contributed by atoms with Crippen LogP contribution in [0.15, 0.2) is 24.3 Å². The minimum absolute atomic E-state index is 0.0276. The van der Waals surface area contributed by atoms with Gasteiger partial charge < -0.3 is 16.0 Å². The lowest BCUT2D eigenvalue weighted by atomic mass is 10.1. The maximum absolute atomic E-state index is 12.1. The molecule has 1 atom stereocenters. The summed E-state index contributed by atoms with van der Waals surface area (Å²) >= 11 is 0. The molecule has 0 aromatic heterocycles. The third kappa shape index (κ3) is 4.32. The first-order chi connectivity index (χ1) is 11.2. The molecule has 1 aromatic rings. The molecule has 2 amide bonds. The number of rotatable bonds is 5. The predicted octanol–water partition coefficient (Wildman–Crippen LogP) is 1.58. The van der Waals surface area contributed by atoms with Crippen molar-refractivity contribution in [3.8, 4) is 0 Å². The highest BCUT2D eigenvalue weighted by Crippen LogP contribution is 2.24. The number of amides is 2. The molecule has 1 aromatic carbocycles. The first kappa shape index (κ1) is 16.0. The quantitative estimate of drug-likeness (QED) is 0.773. The molecule has 5 nitrogen and oxygen atoms in total. The van der Waals surface area contributed by atoms with Gasteiger partial charge in [0.1, 0.15) is 0 Å². The van der Waals surface area contributed by atoms with Crippen LogP contribution in [0.25, 0.3) is 0 Å². The SMILES string of the molecule is O=C(NC1CCNC1)c1ccc(CNC(=O)C2CCCC2)cc1. The highest BCUT2D eigenvalue weighted by molar-refractivity contribution is 5.94. The van der Waals surface area contributed by atoms with Crippen molar-refractivity contribution >= 4 is 11.8 Å². The molecule has 124 valence electrons. The minimum Gasteiger partial charge on any atom is -0.352 e. The smallest absolute Gasteiger partial charge is 0.251 e. The molecule has 1 saturated heterocycles. The Morgan fingerprint density at radius 1 is 1.09 bits per heavy atom. The van der Waals surface area contributed by atoms with E-state index >= 15 is 0 Å². The van der Waals surface area contributed by atoms with Gasteiger partial charge in [0.05, 0.1) is 0 Å². The van der Waals surface area contributed by atoms with E-state index in [1.807, 2.05) is 24.3 Å². The number of hydrogen-bond donors (Lipinski definition) is 3. The van der Waals surface area contributed by atoms with E-state index in [-0.39, 0.29) is 23.8 Å². The fraction of sp³-hybridized carbons (Fsp3) is 0.556. The Labute approximate surface area is 137 Å². The Hall–Kier alpha value is -1.88. The topological polar surface area (TPSA) is 70.2 Å². The molecule has 2 aliphatic rings. The summed E-state index contributed by atoms with van der Waals surface area (Å²) in [6.45, 7) is 2.34. The van der Waals surface area contributed by atoms with E-state index in [1.165, 1.54) is 12.8 Å². The zero-order valence-corrected chi connectivity index (χ0v) is 13.4. The zero-order valence-electron chi connectivity index (χ0n) is 13.4. The van der Waals surface area contributed by atoms with Crippen molar-refractivity contribution in [3.05, 3.63) is 35.4 Å². The molecule has 0 spiro atoms. The van der Waals surface area contributed by atoms with Crippen LogP contribution in [0.5, 0.6) is 0 Å². The Morgan fingerprint density at radius 3 is 2.48 bits per heavy atom. The van der Waals surface area contributed by atoms with Gasteiger partial charge in [-0.05, 0) is 43.5 Å². The second-order valence-corrected chi connectivity index (χ2v) is 6.56. The average Bonchev–Trinajstić information content (AvgIpc) is 3.26. The standard InChI is InChI=1S/C18H25N3O2/c22-17(14-3-1-2-4-14)20-11-13-5-7-15(8-6-13)18(23)21-16-9-10-19-12-16/h5-8,14,16,19H,1-4,9-12H2,(H,20,22)(H,21,23). The van der Waals surface area contributed by atoms with Gasteiger partial charge in [-0.15, -0.1) is 0 Å². The van der Waals surface area contributed by atoms with Gasteiger partial charge in [0.25, 0.3) is 5.91 Å². The van der Waals surface area contributed by atoms with Gasteiger partial charge >= 0.3 is 0 Å². The van der Waals surface area contributed by atoms with Crippen molar-refractivity contribution in [1.29, 1.82) is 0 Å². The van der Waals surface area contributed by atoms with Gasteiger partial charge in [-0.3, -0.25) is 9.59 Å². The molecule has 3 rings (SSSR count). The van der Waals surface area contributed by atoms with Gasteiger partial charge in [0.15, 0.2) is 0 Å². The van der Waals surface area contributed by atoms with Gasteiger partial charge in [-0.25, -0.2) is 0 Å². The van der Waals surface area contributed by atoms with E-state index in [9.17, 15) is 9.59 Å². The summed E-state index contributed by atoms with van der Waals surface area (Å²) in [6, 6.07) is 7.71. The average molecular weight is 315 g/mol. The van der Waals surface area contributed by atoms with Crippen LogP contribution in [-0.2, 0) is 11.3 Å². The van der Waals surface area contributed by atoms with E-state index in [1.54, 1.807) is 0 Å². The van der Waals surface area contributed by atoms with Crippen molar-refractivity contribution < 1.29 is 9.59 Å². The lowest BCUT2D eigenvalue weighted by Crippen LogP contribution is -2.36. The van der Waals surface area contributed by atoms with Crippen LogP contribution < -0.4 is 16.0 Å². The second kappa shape index (κ2) is 7.59. The van der Waals surface area contributed by atoms with Crippen LogP contribution in [0.4, 0.5) is 0 Å². The molecular weight excluding hydrogens is 290 g/mol. The number of benzene rings is 1. The van der Waals surface area contributed by atoms with Gasteiger partial charge in [-0.1, -0.05) is 25.0 Å². The Morgan fingerprint density at radius 2 is 1.83 bits per heavy atom. The third-order valence-electron chi connectivity index (χ3n) is 4.80. The minimum atomic E-state index is -0.0276. The largest absolute Gasteiger partial charge is 0.352 e. The predicted molar refractivity (Wildman–Crippen MR) is 89.0 cm³/mol. The van der Waals surface area contributed by atoms with E-state index in [0.717, 1.165) is 37.9 Å². The van der Waals surface area contributed by atoms with Crippen LogP contribution >= 0.6 is 0 Å². The maximum atomic E-state index is 12.1. The van der Waals surface area contributed by atoms with Crippen LogP contribution in [-0.4, -0.2) is 30.9 Å². The molecule has 0 bridgehead atoms. The third-order valence-corrected chi connectivity index (χ3v) is 4.80. The molecule has 1 aliphatic heterocycles. The molecule has 1 heterocycles. The molecule has 1 saturated carbocycles. The first-order valence-corrected chi connectivity index (χ1v) is 8.60. The Balaban J connectivity index is 1.48. The van der Waals surface area contributed by atoms with Crippen LogP contribution in [0.3, 0.4) is 0 Å². The van der Waals surface area contributed by atoms with Crippen LogP contribution in [0, 0.1) is 5.92 Å². The first-order valence-electron chi connectivity index (χ1n) is 8.60. The molecule has 1 unspecified atom stereocenters. The monoisotopic (exact) mass is 315 g/mol. The van der Waals surface area contributed by atoms with Gasteiger partial charge in [0.2, 0.25) is 5.91 Å². The molecular formula is C18H25N3O2. The Bertz CT molecular complexity index is 544. The summed E-state index contributed by atoms with van der Waals surface area (Å²) in [5.74, 6) is 0.332. The molecule has 0 radical (unpaired) electrons. The summed E-state index contributed by atoms with van der Waals surface area (Å²) in [6.07, 6.45) is 5.34. The van der Waals surface area contributed by atoms with E-state index in [0.29, 0.717) is 12.1 Å². The summed E-state index contributed by atoms with van der Waals surface area (Å²) in [5, 5.41) is 9.27. The number of nitrogens with one attached hydrogen (secondary N) is 3. The Kier molecular flexibility index (Phi) is 5.28. The maximum Gasteiger partial charge on any atom is 0.251 e. The number of carbonyl (C=O) groups is 2. The van der Waals surface area contributed by atoms with Crippen molar-refractivity contribution in [2.75, 3.05) is 13.1 Å². The van der Waals surface area contributed by atoms with E-state index in [4.69, 9.17) is 0 Å². The number of carbonyl (C=O) groups excluding carboxylic acids is 2. The highest BCUT2D eigenvalue weighted by atomic mass is 16.2. The lowest BCUT2D eigenvalue weighted by Gasteiger charge is -2.12. The summed E-state index contributed by atoms with van der Waals surface area (Å²) < 4.78 is 0. The summed E-state index contributed by atoms with van der Waals surface area (Å²) in [7, 11) is 0. The van der Waals surface area contributed by atoms with Crippen molar-refractivity contribution in [2.45, 2.75) is 44.7 Å². The normalized spacial score (nSPS) is 21.3. The van der Waals surface area contributed by atoms with Crippen molar-refractivity contribution in [1.82, 2.24) is 16.0 Å². The lowest BCUT2D eigenvalue weighted by molar-refractivity contribution is -0.124. The zero-order chi connectivity index (χ0) is 16.1. The molecule has 3 N–H and O–H groups in total. The summed E-state index contributed by atoms with van der Waals surface area (Å²) in [4.78, 5) is 24.1. The molecule has 1 aliphatic carbocycles. The van der Waals surface area contributed by atoms with Crippen LogP contribution in [0.2, 0.25) is 0 Å². The fourth-order valence-corrected chi connectivity index (χ4v) is 3.34. The molecule has 2 fully saturated rings. The summed E-state index contributed by atoms with van der Waals surface area (Å²) in [5.41, 5.74) is 1.69. The second-order valence-electron chi connectivity index (χ2n) is 6.56. The van der Waals surface area contributed by atoms with Gasteiger partial charge in [-0.2, -0.15) is 0 Å². The van der Waals surface area contributed by atoms with Gasteiger partial charge in [0, 0.05) is 30.6 Å². The highest BCUT2D eigenvalue weighted by Gasteiger charge is 2.22. The van der Waals surface area contributed by atoms with Crippen LogP contribution in [0.1, 0.15) is 48.0 Å². The molecule has 23 heavy (non-hydrogen) atoms.